The highest BCUT2D eigenvalue weighted by Crippen LogP contribution is 2.28. The van der Waals surface area contributed by atoms with Gasteiger partial charge in [0.05, 0.1) is 11.3 Å². The van der Waals surface area contributed by atoms with Crippen LogP contribution in [-0.4, -0.2) is 4.98 Å². The fourth-order valence-electron chi connectivity index (χ4n) is 1.81. The fourth-order valence-corrected chi connectivity index (χ4v) is 3.39. The monoisotopic (exact) mass is 328 g/mol. The maximum atomic E-state index is 9.33. The molecule has 3 rings (SSSR count). The van der Waals surface area contributed by atoms with E-state index in [1.807, 2.05) is 53.2 Å². The summed E-state index contributed by atoms with van der Waals surface area (Å²) in [5.41, 5.74) is 2.44. The topological polar surface area (TPSA) is 36.7 Å². The van der Waals surface area contributed by atoms with E-state index in [4.69, 9.17) is 11.6 Å². The Hall–Kier alpha value is -1.93. The van der Waals surface area contributed by atoms with Gasteiger partial charge >= 0.3 is 0 Å². The Labute approximate surface area is 135 Å². The number of thiophene rings is 1. The molecule has 21 heavy (non-hydrogen) atoms. The van der Waals surface area contributed by atoms with Gasteiger partial charge in [-0.2, -0.15) is 5.26 Å². The molecule has 2 nitrogen and oxygen atoms in total. The first-order valence-electron chi connectivity index (χ1n) is 6.13. The van der Waals surface area contributed by atoms with Crippen molar-refractivity contribution in [3.8, 4) is 17.3 Å². The molecule has 102 valence electrons. The van der Waals surface area contributed by atoms with Crippen molar-refractivity contribution in [2.24, 2.45) is 0 Å². The van der Waals surface area contributed by atoms with E-state index in [1.54, 1.807) is 11.3 Å². The van der Waals surface area contributed by atoms with Gasteiger partial charge in [0, 0.05) is 20.8 Å². The van der Waals surface area contributed by atoms with Crippen LogP contribution in [0.25, 0.3) is 22.9 Å². The van der Waals surface area contributed by atoms with Crippen LogP contribution in [0, 0.1) is 11.3 Å². The number of nitriles is 1. The molecule has 0 spiro atoms. The van der Waals surface area contributed by atoms with Crippen molar-refractivity contribution in [1.29, 1.82) is 5.26 Å². The number of benzene rings is 1. The highest BCUT2D eigenvalue weighted by Gasteiger charge is 2.09. The first-order chi connectivity index (χ1) is 10.3. The SMILES string of the molecule is N#C/C(=C/c1cccs1)c1nc(-c2ccc(Cl)cc2)cs1. The van der Waals surface area contributed by atoms with Crippen molar-refractivity contribution in [3.63, 3.8) is 0 Å². The predicted molar refractivity (Wildman–Crippen MR) is 90.4 cm³/mol. The van der Waals surface area contributed by atoms with E-state index in [2.05, 4.69) is 11.1 Å². The molecule has 0 atom stereocenters. The average molecular weight is 329 g/mol. The summed E-state index contributed by atoms with van der Waals surface area (Å²) in [7, 11) is 0. The summed E-state index contributed by atoms with van der Waals surface area (Å²) in [6.07, 6.45) is 1.87. The van der Waals surface area contributed by atoms with Gasteiger partial charge in [-0.1, -0.05) is 29.8 Å². The summed E-state index contributed by atoms with van der Waals surface area (Å²) in [5.74, 6) is 0. The molecule has 0 amide bonds. The first kappa shape index (κ1) is 14.0. The van der Waals surface area contributed by atoms with E-state index >= 15 is 0 Å². The second-order valence-electron chi connectivity index (χ2n) is 4.23. The van der Waals surface area contributed by atoms with Crippen LogP contribution in [0.15, 0.2) is 47.2 Å². The Morgan fingerprint density at radius 3 is 2.67 bits per heavy atom. The van der Waals surface area contributed by atoms with Gasteiger partial charge in [0.2, 0.25) is 0 Å². The lowest BCUT2D eigenvalue weighted by molar-refractivity contribution is 1.37. The van der Waals surface area contributed by atoms with E-state index in [9.17, 15) is 5.26 Å². The molecule has 0 N–H and O–H groups in total. The number of hydrogen-bond acceptors (Lipinski definition) is 4. The molecule has 0 unspecified atom stereocenters. The van der Waals surface area contributed by atoms with E-state index in [-0.39, 0.29) is 0 Å². The van der Waals surface area contributed by atoms with Gasteiger partial charge in [0.25, 0.3) is 0 Å². The number of allylic oxidation sites excluding steroid dienone is 1. The minimum absolute atomic E-state index is 0.586. The van der Waals surface area contributed by atoms with E-state index < -0.39 is 0 Å². The highest BCUT2D eigenvalue weighted by molar-refractivity contribution is 7.12. The number of nitrogens with zero attached hydrogens (tertiary/aromatic N) is 2. The second-order valence-corrected chi connectivity index (χ2v) is 6.50. The Balaban J connectivity index is 1.94. The van der Waals surface area contributed by atoms with Crippen molar-refractivity contribution in [2.45, 2.75) is 0 Å². The summed E-state index contributed by atoms with van der Waals surface area (Å²) in [6.45, 7) is 0. The lowest BCUT2D eigenvalue weighted by atomic mass is 10.2. The van der Waals surface area contributed by atoms with Crippen LogP contribution < -0.4 is 0 Å². The van der Waals surface area contributed by atoms with E-state index in [0.717, 1.165) is 21.1 Å². The smallest absolute Gasteiger partial charge is 0.134 e. The maximum absolute atomic E-state index is 9.33. The zero-order chi connectivity index (χ0) is 14.7. The van der Waals surface area contributed by atoms with Crippen LogP contribution in [0.2, 0.25) is 5.02 Å². The van der Waals surface area contributed by atoms with Crippen LogP contribution in [0.3, 0.4) is 0 Å². The predicted octanol–water partition coefficient (Wildman–Crippen LogP) is 5.59. The number of halogens is 1. The molecule has 0 saturated heterocycles. The Kier molecular flexibility index (Phi) is 4.16. The zero-order valence-corrected chi connectivity index (χ0v) is 13.2. The number of hydrogen-bond donors (Lipinski definition) is 0. The average Bonchev–Trinajstić information content (AvgIpc) is 3.17. The van der Waals surface area contributed by atoms with E-state index in [0.29, 0.717) is 10.6 Å². The first-order valence-corrected chi connectivity index (χ1v) is 8.27. The third-order valence-corrected chi connectivity index (χ3v) is 4.77. The minimum Gasteiger partial charge on any atom is -0.235 e. The van der Waals surface area contributed by atoms with Gasteiger partial charge in [-0.3, -0.25) is 0 Å². The highest BCUT2D eigenvalue weighted by atomic mass is 35.5. The van der Waals surface area contributed by atoms with Crippen LogP contribution >= 0.6 is 34.3 Å². The summed E-state index contributed by atoms with van der Waals surface area (Å²) >= 11 is 8.96. The third kappa shape index (κ3) is 3.22. The maximum Gasteiger partial charge on any atom is 0.134 e. The van der Waals surface area contributed by atoms with Crippen molar-refractivity contribution < 1.29 is 0 Å². The Morgan fingerprint density at radius 2 is 2.00 bits per heavy atom. The summed E-state index contributed by atoms with van der Waals surface area (Å²) in [6, 6.07) is 13.7. The molecule has 5 heteroatoms. The molecular formula is C16H9ClN2S2. The molecule has 2 aromatic heterocycles. The zero-order valence-electron chi connectivity index (χ0n) is 10.8. The van der Waals surface area contributed by atoms with Crippen molar-refractivity contribution in [3.05, 3.63) is 62.1 Å². The molecule has 3 aromatic rings. The molecule has 0 aliphatic heterocycles. The molecule has 0 fully saturated rings. The molecule has 0 radical (unpaired) electrons. The Bertz CT molecular complexity index is 809. The van der Waals surface area contributed by atoms with Gasteiger partial charge in [-0.05, 0) is 29.7 Å². The normalized spacial score (nSPS) is 11.3. The Morgan fingerprint density at radius 1 is 1.19 bits per heavy atom. The minimum atomic E-state index is 0.586. The lowest BCUT2D eigenvalue weighted by Crippen LogP contribution is -1.82. The summed E-state index contributed by atoms with van der Waals surface area (Å²) in [4.78, 5) is 5.60. The van der Waals surface area contributed by atoms with Crippen molar-refractivity contribution in [2.75, 3.05) is 0 Å². The van der Waals surface area contributed by atoms with Crippen LogP contribution in [0.5, 0.6) is 0 Å². The second kappa shape index (κ2) is 6.23. The number of rotatable bonds is 3. The van der Waals surface area contributed by atoms with Gasteiger partial charge in [0.15, 0.2) is 0 Å². The van der Waals surface area contributed by atoms with E-state index in [1.165, 1.54) is 11.3 Å². The molecule has 2 heterocycles. The van der Waals surface area contributed by atoms with Gasteiger partial charge in [-0.15, -0.1) is 22.7 Å². The standard InChI is InChI=1S/C16H9ClN2S2/c17-13-5-3-11(4-6-13)15-10-21-16(19-15)12(9-18)8-14-2-1-7-20-14/h1-8,10H/b12-8-. The number of thiazole rings is 1. The number of aromatic nitrogens is 1. The molecular weight excluding hydrogens is 320 g/mol. The molecule has 0 aliphatic carbocycles. The van der Waals surface area contributed by atoms with Gasteiger partial charge in [0.1, 0.15) is 11.1 Å². The molecule has 0 saturated carbocycles. The summed E-state index contributed by atoms with van der Waals surface area (Å²) < 4.78 is 0. The van der Waals surface area contributed by atoms with Crippen molar-refractivity contribution in [1.82, 2.24) is 4.98 Å². The largest absolute Gasteiger partial charge is 0.235 e. The van der Waals surface area contributed by atoms with Crippen LogP contribution in [0.4, 0.5) is 0 Å². The lowest BCUT2D eigenvalue weighted by Gasteiger charge is -1.96. The quantitative estimate of drug-likeness (QED) is 0.588. The third-order valence-electron chi connectivity index (χ3n) is 2.82. The molecule has 0 aliphatic rings. The van der Waals surface area contributed by atoms with Crippen LogP contribution in [-0.2, 0) is 0 Å². The molecule has 0 bridgehead atoms. The van der Waals surface area contributed by atoms with Gasteiger partial charge in [-0.25, -0.2) is 4.98 Å². The molecule has 1 aromatic carbocycles. The summed E-state index contributed by atoms with van der Waals surface area (Å²) in [5, 5.41) is 14.7. The van der Waals surface area contributed by atoms with Crippen molar-refractivity contribution >= 4 is 45.9 Å². The van der Waals surface area contributed by atoms with Crippen LogP contribution in [0.1, 0.15) is 9.88 Å². The van der Waals surface area contributed by atoms with Gasteiger partial charge < -0.3 is 0 Å². The fraction of sp³-hybridized carbons (Fsp3) is 0.